The van der Waals surface area contributed by atoms with E-state index in [1.165, 1.54) is 0 Å². The van der Waals surface area contributed by atoms with Crippen LogP contribution in [0.5, 0.6) is 0 Å². The van der Waals surface area contributed by atoms with E-state index in [1.54, 1.807) is 12.5 Å². The van der Waals surface area contributed by atoms with Gasteiger partial charge in [-0.15, -0.1) is 0 Å². The van der Waals surface area contributed by atoms with Crippen LogP contribution >= 0.6 is 0 Å². The quantitative estimate of drug-likeness (QED) is 0.700. The lowest BCUT2D eigenvalue weighted by Crippen LogP contribution is -2.24. The number of nitrogens with one attached hydrogen (secondary N) is 1. The first kappa shape index (κ1) is 12.0. The normalized spacial score (nSPS) is 10.9. The fraction of sp³-hybridized carbons (Fsp3) is 0.583. The third kappa shape index (κ3) is 5.37. The molecule has 84 valence electrons. The zero-order valence-electron chi connectivity index (χ0n) is 9.45. The van der Waals surface area contributed by atoms with E-state index in [9.17, 15) is 4.79 Å². The smallest absolute Gasteiger partial charge is 0.137 e. The van der Waals surface area contributed by atoms with Crippen molar-refractivity contribution in [3.8, 4) is 0 Å². The Morgan fingerprint density at radius 3 is 2.93 bits per heavy atom. The highest BCUT2D eigenvalue weighted by molar-refractivity contribution is 5.80. The van der Waals surface area contributed by atoms with Gasteiger partial charge < -0.3 is 9.73 Å². The number of carbonyl (C=O) groups is 1. The SMILES string of the molecule is CC(C)NCCCC(=O)Cc1ccoc1. The fourth-order valence-electron chi connectivity index (χ4n) is 1.39. The molecule has 0 fully saturated rings. The molecule has 0 saturated heterocycles. The van der Waals surface area contributed by atoms with Gasteiger partial charge in [-0.1, -0.05) is 13.8 Å². The highest BCUT2D eigenvalue weighted by Crippen LogP contribution is 2.04. The molecule has 3 heteroatoms. The second-order valence-corrected chi connectivity index (χ2v) is 4.06. The molecule has 3 nitrogen and oxygen atoms in total. The number of hydrogen-bond acceptors (Lipinski definition) is 3. The van der Waals surface area contributed by atoms with Crippen LogP contribution in [0.15, 0.2) is 23.0 Å². The average Bonchev–Trinajstić information content (AvgIpc) is 2.64. The van der Waals surface area contributed by atoms with E-state index in [0.717, 1.165) is 18.5 Å². The first-order valence-corrected chi connectivity index (χ1v) is 5.44. The van der Waals surface area contributed by atoms with Crippen LogP contribution in [-0.4, -0.2) is 18.4 Å². The lowest BCUT2D eigenvalue weighted by atomic mass is 10.1. The third-order valence-electron chi connectivity index (χ3n) is 2.17. The standard InChI is InChI=1S/C12H19NO2/c1-10(2)13-6-3-4-12(14)8-11-5-7-15-9-11/h5,7,9-10,13H,3-4,6,8H2,1-2H3. The summed E-state index contributed by atoms with van der Waals surface area (Å²) in [4.78, 5) is 11.5. The number of furan rings is 1. The lowest BCUT2D eigenvalue weighted by Gasteiger charge is -2.06. The summed E-state index contributed by atoms with van der Waals surface area (Å²) in [6, 6.07) is 2.33. The van der Waals surface area contributed by atoms with Crippen LogP contribution in [0.2, 0.25) is 0 Å². The summed E-state index contributed by atoms with van der Waals surface area (Å²) in [6.07, 6.45) is 5.28. The van der Waals surface area contributed by atoms with E-state index in [-0.39, 0.29) is 5.78 Å². The van der Waals surface area contributed by atoms with E-state index in [2.05, 4.69) is 19.2 Å². The van der Waals surface area contributed by atoms with E-state index >= 15 is 0 Å². The minimum Gasteiger partial charge on any atom is -0.472 e. The van der Waals surface area contributed by atoms with Crippen LogP contribution in [0, 0.1) is 0 Å². The lowest BCUT2D eigenvalue weighted by molar-refractivity contribution is -0.118. The van der Waals surface area contributed by atoms with E-state index in [1.807, 2.05) is 6.07 Å². The number of rotatable bonds is 7. The van der Waals surface area contributed by atoms with Crippen molar-refractivity contribution in [3.05, 3.63) is 24.2 Å². The monoisotopic (exact) mass is 209 g/mol. The zero-order chi connectivity index (χ0) is 11.1. The van der Waals surface area contributed by atoms with Gasteiger partial charge in [0.05, 0.1) is 12.5 Å². The molecule has 0 spiro atoms. The average molecular weight is 209 g/mol. The summed E-state index contributed by atoms with van der Waals surface area (Å²) in [5.74, 6) is 0.280. The number of carbonyl (C=O) groups excluding carboxylic acids is 1. The van der Waals surface area contributed by atoms with Gasteiger partial charge in [-0.05, 0) is 24.6 Å². The minimum atomic E-state index is 0.280. The molecule has 1 rings (SSSR count). The van der Waals surface area contributed by atoms with Crippen molar-refractivity contribution in [1.82, 2.24) is 5.32 Å². The van der Waals surface area contributed by atoms with Crippen molar-refractivity contribution < 1.29 is 9.21 Å². The summed E-state index contributed by atoms with van der Waals surface area (Å²) in [5.41, 5.74) is 0.969. The molecule has 0 aromatic carbocycles. The molecule has 0 aliphatic carbocycles. The van der Waals surface area contributed by atoms with Crippen LogP contribution < -0.4 is 5.32 Å². The van der Waals surface area contributed by atoms with Crippen LogP contribution in [-0.2, 0) is 11.2 Å². The molecular weight excluding hydrogens is 190 g/mol. The van der Waals surface area contributed by atoms with Gasteiger partial charge in [-0.2, -0.15) is 0 Å². The maximum Gasteiger partial charge on any atom is 0.137 e. The van der Waals surface area contributed by atoms with Crippen LogP contribution in [0.1, 0.15) is 32.3 Å². The van der Waals surface area contributed by atoms with E-state index in [4.69, 9.17) is 4.42 Å². The van der Waals surface area contributed by atoms with Crippen molar-refractivity contribution in [3.63, 3.8) is 0 Å². The Kier molecular flexibility index (Phi) is 5.12. The molecule has 0 atom stereocenters. The molecule has 0 saturated carbocycles. The molecule has 1 aromatic heterocycles. The second-order valence-electron chi connectivity index (χ2n) is 4.06. The van der Waals surface area contributed by atoms with Gasteiger partial charge in [-0.25, -0.2) is 0 Å². The fourth-order valence-corrected chi connectivity index (χ4v) is 1.39. The number of hydrogen-bond donors (Lipinski definition) is 1. The highest BCUT2D eigenvalue weighted by atomic mass is 16.3. The van der Waals surface area contributed by atoms with Gasteiger partial charge in [0.2, 0.25) is 0 Å². The Hall–Kier alpha value is -1.09. The van der Waals surface area contributed by atoms with Gasteiger partial charge in [0.1, 0.15) is 5.78 Å². The minimum absolute atomic E-state index is 0.280. The van der Waals surface area contributed by atoms with E-state index < -0.39 is 0 Å². The molecule has 1 heterocycles. The summed E-state index contributed by atoms with van der Waals surface area (Å²) < 4.78 is 4.91. The molecule has 0 bridgehead atoms. The number of Topliss-reactive ketones (excluding diaryl/α,β-unsaturated/α-hetero) is 1. The Morgan fingerprint density at radius 2 is 2.33 bits per heavy atom. The largest absolute Gasteiger partial charge is 0.472 e. The molecule has 1 N–H and O–H groups in total. The molecule has 0 aliphatic rings. The molecule has 0 amide bonds. The molecule has 0 unspecified atom stereocenters. The summed E-state index contributed by atoms with van der Waals surface area (Å²) in [5, 5.41) is 3.29. The van der Waals surface area contributed by atoms with Crippen molar-refractivity contribution in [2.45, 2.75) is 39.2 Å². The topological polar surface area (TPSA) is 42.2 Å². The summed E-state index contributed by atoms with van der Waals surface area (Å²) >= 11 is 0. The highest BCUT2D eigenvalue weighted by Gasteiger charge is 2.04. The zero-order valence-corrected chi connectivity index (χ0v) is 9.45. The van der Waals surface area contributed by atoms with Crippen LogP contribution in [0.3, 0.4) is 0 Å². The summed E-state index contributed by atoms with van der Waals surface area (Å²) in [7, 11) is 0. The van der Waals surface area contributed by atoms with Gasteiger partial charge >= 0.3 is 0 Å². The third-order valence-corrected chi connectivity index (χ3v) is 2.17. The van der Waals surface area contributed by atoms with Crippen molar-refractivity contribution >= 4 is 5.78 Å². The van der Waals surface area contributed by atoms with Gasteiger partial charge in [-0.3, -0.25) is 4.79 Å². The van der Waals surface area contributed by atoms with Crippen LogP contribution in [0.25, 0.3) is 0 Å². The van der Waals surface area contributed by atoms with Crippen molar-refractivity contribution in [1.29, 1.82) is 0 Å². The van der Waals surface area contributed by atoms with Gasteiger partial charge in [0.15, 0.2) is 0 Å². The molecule has 0 aliphatic heterocycles. The molecule has 1 aromatic rings. The van der Waals surface area contributed by atoms with Crippen LogP contribution in [0.4, 0.5) is 0 Å². The van der Waals surface area contributed by atoms with Crippen molar-refractivity contribution in [2.24, 2.45) is 0 Å². The Labute approximate surface area is 90.9 Å². The molecular formula is C12H19NO2. The van der Waals surface area contributed by atoms with E-state index in [0.29, 0.717) is 18.9 Å². The van der Waals surface area contributed by atoms with Gasteiger partial charge in [0, 0.05) is 18.9 Å². The Morgan fingerprint density at radius 1 is 1.53 bits per heavy atom. The second kappa shape index (κ2) is 6.40. The number of ketones is 1. The molecule has 0 radical (unpaired) electrons. The Bertz CT molecular complexity index is 278. The van der Waals surface area contributed by atoms with Crippen molar-refractivity contribution in [2.75, 3.05) is 6.54 Å². The molecule has 15 heavy (non-hydrogen) atoms. The Balaban J connectivity index is 2.09. The first-order chi connectivity index (χ1) is 7.18. The maximum absolute atomic E-state index is 11.5. The predicted molar refractivity (Wildman–Crippen MR) is 59.8 cm³/mol. The predicted octanol–water partition coefficient (Wildman–Crippen LogP) is 2.17. The maximum atomic E-state index is 11.5. The first-order valence-electron chi connectivity index (χ1n) is 5.44. The summed E-state index contributed by atoms with van der Waals surface area (Å²) in [6.45, 7) is 5.12. The van der Waals surface area contributed by atoms with Gasteiger partial charge in [0.25, 0.3) is 0 Å².